The average Bonchev–Trinajstić information content (AvgIpc) is 3.06. The Morgan fingerprint density at radius 2 is 2.15 bits per heavy atom. The van der Waals surface area contributed by atoms with Gasteiger partial charge in [0, 0.05) is 16.8 Å². The molecule has 1 aromatic carbocycles. The fourth-order valence-corrected chi connectivity index (χ4v) is 3.55. The van der Waals surface area contributed by atoms with Gasteiger partial charge in [0.1, 0.15) is 17.7 Å². The largest absolute Gasteiger partial charge is 0.484 e. The minimum Gasteiger partial charge on any atom is -0.484 e. The van der Waals surface area contributed by atoms with Crippen LogP contribution in [0.4, 0.5) is 10.1 Å². The number of carbonyl (C=O) groups is 1. The van der Waals surface area contributed by atoms with Crippen molar-refractivity contribution in [2.75, 3.05) is 5.32 Å². The molecule has 0 saturated carbocycles. The fourth-order valence-electron chi connectivity index (χ4n) is 2.68. The van der Waals surface area contributed by atoms with Gasteiger partial charge in [0.15, 0.2) is 0 Å². The number of thiophene rings is 1. The number of amides is 1. The number of hydrogen-bond acceptors (Lipinski definition) is 3. The maximum Gasteiger partial charge on any atom is 0.260 e. The van der Waals surface area contributed by atoms with Gasteiger partial charge in [-0.05, 0) is 36.6 Å². The van der Waals surface area contributed by atoms with Crippen LogP contribution in [0.3, 0.4) is 0 Å². The average molecular weight is 287 g/mol. The number of benzene rings is 1. The highest BCUT2D eigenvalue weighted by molar-refractivity contribution is 7.10. The van der Waals surface area contributed by atoms with Crippen molar-refractivity contribution in [3.05, 3.63) is 51.5 Å². The number of rotatable bonds is 0. The summed E-state index contributed by atoms with van der Waals surface area (Å²) in [5.74, 6) is -0.0580. The van der Waals surface area contributed by atoms with Crippen LogP contribution in [0.5, 0.6) is 0 Å². The highest BCUT2D eigenvalue weighted by atomic mass is 32.1. The molecule has 5 heteroatoms. The van der Waals surface area contributed by atoms with Gasteiger partial charge in [-0.25, -0.2) is 4.39 Å². The van der Waals surface area contributed by atoms with Gasteiger partial charge in [-0.2, -0.15) is 0 Å². The fraction of sp³-hybridized carbons (Fsp3) is 0.133. The number of fused-ring (bicyclic) bond motifs is 2. The lowest BCUT2D eigenvalue weighted by Gasteiger charge is -2.07. The van der Waals surface area contributed by atoms with E-state index in [-0.39, 0.29) is 17.8 Å². The molecular weight excluding hydrogens is 277 g/mol. The smallest absolute Gasteiger partial charge is 0.260 e. The van der Waals surface area contributed by atoms with Crippen molar-refractivity contribution >= 4 is 34.3 Å². The van der Waals surface area contributed by atoms with Crippen LogP contribution < -0.4 is 5.32 Å². The summed E-state index contributed by atoms with van der Waals surface area (Å²) in [6.07, 6.45) is -0.0714. The number of anilines is 1. The van der Waals surface area contributed by atoms with Crippen LogP contribution in [0, 0.1) is 5.82 Å². The monoisotopic (exact) mass is 287 g/mol. The van der Waals surface area contributed by atoms with Gasteiger partial charge in [0.2, 0.25) is 0 Å². The van der Waals surface area contributed by atoms with E-state index in [1.807, 2.05) is 18.4 Å². The van der Waals surface area contributed by atoms with Crippen LogP contribution in [-0.2, 0) is 9.53 Å². The predicted octanol–water partition coefficient (Wildman–Crippen LogP) is 3.80. The summed E-state index contributed by atoms with van der Waals surface area (Å²) in [4.78, 5) is 13.3. The molecule has 0 radical (unpaired) electrons. The third kappa shape index (κ3) is 1.47. The second-order valence-electron chi connectivity index (χ2n) is 4.81. The van der Waals surface area contributed by atoms with Gasteiger partial charge in [0.05, 0.1) is 10.5 Å². The molecule has 1 aromatic heterocycles. The molecule has 3 heterocycles. The zero-order valence-corrected chi connectivity index (χ0v) is 11.4. The molecule has 1 atom stereocenters. The Bertz CT molecular complexity index is 778. The lowest BCUT2D eigenvalue weighted by molar-refractivity contribution is -0.110. The van der Waals surface area contributed by atoms with Crippen LogP contribution in [0.25, 0.3) is 11.3 Å². The number of carbonyl (C=O) groups excluding carboxylic acids is 1. The highest BCUT2D eigenvalue weighted by Crippen LogP contribution is 2.47. The van der Waals surface area contributed by atoms with Gasteiger partial charge >= 0.3 is 0 Å². The van der Waals surface area contributed by atoms with Crippen molar-refractivity contribution in [1.82, 2.24) is 0 Å². The molecule has 3 nitrogen and oxygen atoms in total. The highest BCUT2D eigenvalue weighted by Gasteiger charge is 2.35. The third-order valence-electron chi connectivity index (χ3n) is 3.56. The van der Waals surface area contributed by atoms with E-state index in [9.17, 15) is 9.18 Å². The Hall–Kier alpha value is -2.14. The van der Waals surface area contributed by atoms with Crippen molar-refractivity contribution in [2.45, 2.75) is 13.0 Å². The lowest BCUT2D eigenvalue weighted by atomic mass is 10.0. The second kappa shape index (κ2) is 3.93. The van der Waals surface area contributed by atoms with Gasteiger partial charge in [0.25, 0.3) is 5.91 Å². The summed E-state index contributed by atoms with van der Waals surface area (Å²) in [6.45, 7) is 1.95. The topological polar surface area (TPSA) is 38.3 Å². The van der Waals surface area contributed by atoms with E-state index in [0.29, 0.717) is 22.6 Å². The van der Waals surface area contributed by atoms with Crippen molar-refractivity contribution in [3.63, 3.8) is 0 Å². The zero-order chi connectivity index (χ0) is 13.9. The quantitative estimate of drug-likeness (QED) is 0.748. The molecule has 2 aromatic rings. The Morgan fingerprint density at radius 3 is 3.00 bits per heavy atom. The first-order valence-electron chi connectivity index (χ1n) is 6.25. The molecular formula is C15H10FNO2S. The SMILES string of the molecule is CC1OC(=C2C(=O)Nc3ccc(F)cc32)c2ccsc21. The summed E-state index contributed by atoms with van der Waals surface area (Å²) < 4.78 is 19.3. The molecule has 1 unspecified atom stereocenters. The second-order valence-corrected chi connectivity index (χ2v) is 5.75. The van der Waals surface area contributed by atoms with E-state index in [0.717, 1.165) is 10.4 Å². The summed E-state index contributed by atoms with van der Waals surface area (Å²) in [5, 5.41) is 4.73. The van der Waals surface area contributed by atoms with Crippen LogP contribution in [-0.4, -0.2) is 5.91 Å². The van der Waals surface area contributed by atoms with E-state index in [1.165, 1.54) is 12.1 Å². The minimum atomic E-state index is -0.366. The Kier molecular flexibility index (Phi) is 2.29. The van der Waals surface area contributed by atoms with Crippen molar-refractivity contribution in [3.8, 4) is 0 Å². The van der Waals surface area contributed by atoms with E-state index < -0.39 is 0 Å². The first kappa shape index (κ1) is 11.7. The molecule has 100 valence electrons. The van der Waals surface area contributed by atoms with E-state index >= 15 is 0 Å². The first-order valence-corrected chi connectivity index (χ1v) is 7.13. The Morgan fingerprint density at radius 1 is 1.30 bits per heavy atom. The van der Waals surface area contributed by atoms with E-state index in [1.54, 1.807) is 17.4 Å². The van der Waals surface area contributed by atoms with Crippen molar-refractivity contribution < 1.29 is 13.9 Å². The van der Waals surface area contributed by atoms with Crippen LogP contribution in [0.2, 0.25) is 0 Å². The summed E-state index contributed by atoms with van der Waals surface area (Å²) >= 11 is 1.60. The van der Waals surface area contributed by atoms with Gasteiger partial charge < -0.3 is 10.1 Å². The normalized spacial score (nSPS) is 23.3. The summed E-state index contributed by atoms with van der Waals surface area (Å²) in [6, 6.07) is 6.22. The van der Waals surface area contributed by atoms with Gasteiger partial charge in [-0.1, -0.05) is 0 Å². The lowest BCUT2D eigenvalue weighted by Crippen LogP contribution is -2.05. The molecule has 0 spiro atoms. The summed E-state index contributed by atoms with van der Waals surface area (Å²) in [7, 11) is 0. The predicted molar refractivity (Wildman–Crippen MR) is 75.7 cm³/mol. The van der Waals surface area contributed by atoms with Crippen LogP contribution in [0.15, 0.2) is 29.6 Å². The van der Waals surface area contributed by atoms with Gasteiger partial charge in [-0.15, -0.1) is 11.3 Å². The number of hydrogen-bond donors (Lipinski definition) is 1. The minimum absolute atomic E-state index is 0.0714. The van der Waals surface area contributed by atoms with E-state index in [2.05, 4.69) is 5.32 Å². The number of nitrogens with one attached hydrogen (secondary N) is 1. The molecule has 2 aliphatic heterocycles. The zero-order valence-electron chi connectivity index (χ0n) is 10.6. The molecule has 0 saturated heterocycles. The van der Waals surface area contributed by atoms with Gasteiger partial charge in [-0.3, -0.25) is 4.79 Å². The van der Waals surface area contributed by atoms with Crippen molar-refractivity contribution in [2.24, 2.45) is 0 Å². The van der Waals surface area contributed by atoms with Crippen LogP contribution in [0.1, 0.15) is 29.0 Å². The molecule has 1 amide bonds. The maximum absolute atomic E-state index is 13.5. The van der Waals surface area contributed by atoms with E-state index in [4.69, 9.17) is 4.74 Å². The molecule has 0 fully saturated rings. The molecule has 0 bridgehead atoms. The molecule has 2 aliphatic rings. The molecule has 1 N–H and O–H groups in total. The Labute approximate surface area is 118 Å². The van der Waals surface area contributed by atoms with Crippen LogP contribution >= 0.6 is 11.3 Å². The molecule has 4 rings (SSSR count). The Balaban J connectivity index is 1.99. The first-order chi connectivity index (χ1) is 9.65. The number of halogens is 1. The maximum atomic E-state index is 13.5. The summed E-state index contributed by atoms with van der Waals surface area (Å²) in [5.41, 5.74) is 2.54. The number of ether oxygens (including phenoxy) is 1. The van der Waals surface area contributed by atoms with Crippen molar-refractivity contribution in [1.29, 1.82) is 0 Å². The standard InChI is InChI=1S/C15H10FNO2S/c1-7-14-9(4-5-20-14)13(19-7)12-10-6-8(16)2-3-11(10)17-15(12)18/h2-7H,1H3,(H,17,18). The molecule has 20 heavy (non-hydrogen) atoms. The third-order valence-corrected chi connectivity index (χ3v) is 4.63. The molecule has 0 aliphatic carbocycles.